The van der Waals surface area contributed by atoms with Crippen LogP contribution in [-0.4, -0.2) is 54.3 Å². The number of ether oxygens (including phenoxy) is 2. The molecule has 1 N–H and O–H groups in total. The van der Waals surface area contributed by atoms with Crippen LogP contribution in [0, 0.1) is 5.82 Å². The number of nitrogens with zero attached hydrogens (tertiary/aromatic N) is 3. The molecule has 1 saturated heterocycles. The van der Waals surface area contributed by atoms with Crippen LogP contribution >= 0.6 is 0 Å². The number of anilines is 1. The van der Waals surface area contributed by atoms with Gasteiger partial charge in [-0.1, -0.05) is 12.1 Å². The molecule has 0 radical (unpaired) electrons. The molecule has 2 heterocycles. The molecule has 0 amide bonds. The third-order valence-corrected chi connectivity index (χ3v) is 4.13. The van der Waals surface area contributed by atoms with Crippen molar-refractivity contribution >= 4 is 5.82 Å². The van der Waals surface area contributed by atoms with E-state index in [1.807, 2.05) is 13.0 Å². The van der Waals surface area contributed by atoms with Crippen LogP contribution in [0.3, 0.4) is 0 Å². The molecule has 0 aliphatic carbocycles. The lowest BCUT2D eigenvalue weighted by Crippen LogP contribution is -2.41. The highest BCUT2D eigenvalue weighted by molar-refractivity contribution is 5.38. The molecular weight excluding hydrogens is 323 g/mol. The molecule has 7 heteroatoms. The van der Waals surface area contributed by atoms with Gasteiger partial charge in [0.2, 0.25) is 5.88 Å². The summed E-state index contributed by atoms with van der Waals surface area (Å²) in [6.45, 7) is 6.07. The van der Waals surface area contributed by atoms with Gasteiger partial charge in [0.25, 0.3) is 0 Å². The molecule has 3 rings (SSSR count). The average Bonchev–Trinajstić information content (AvgIpc) is 2.64. The van der Waals surface area contributed by atoms with Crippen molar-refractivity contribution in [2.45, 2.75) is 13.0 Å². The Kier molecular flexibility index (Phi) is 6.14. The Balaban J connectivity index is 1.74. The zero-order valence-corrected chi connectivity index (χ0v) is 14.3. The standard InChI is InChI=1S/C18H23FN4O2/c1-2-25-18-11-17(21-13-22-18)20-12-16(23-6-8-24-9-7-23)14-4-3-5-15(19)10-14/h3-5,10-11,13,16H,2,6-9,12H2,1H3,(H,20,21,22). The lowest BCUT2D eigenvalue weighted by Gasteiger charge is -2.35. The minimum atomic E-state index is -0.226. The molecule has 1 aliphatic rings. The van der Waals surface area contributed by atoms with Crippen LogP contribution in [0.4, 0.5) is 10.2 Å². The third-order valence-electron chi connectivity index (χ3n) is 4.13. The predicted octanol–water partition coefficient (Wildman–Crippen LogP) is 2.50. The second kappa shape index (κ2) is 8.73. The second-order valence-electron chi connectivity index (χ2n) is 5.77. The minimum Gasteiger partial charge on any atom is -0.478 e. The van der Waals surface area contributed by atoms with Gasteiger partial charge in [-0.15, -0.1) is 0 Å². The molecule has 1 aliphatic heterocycles. The molecule has 1 unspecified atom stereocenters. The van der Waals surface area contributed by atoms with E-state index in [0.29, 0.717) is 38.1 Å². The van der Waals surface area contributed by atoms with Crippen molar-refractivity contribution in [2.24, 2.45) is 0 Å². The van der Waals surface area contributed by atoms with Gasteiger partial charge >= 0.3 is 0 Å². The quantitative estimate of drug-likeness (QED) is 0.831. The molecule has 6 nitrogen and oxygen atoms in total. The molecule has 134 valence electrons. The van der Waals surface area contributed by atoms with Crippen molar-refractivity contribution in [2.75, 3.05) is 44.8 Å². The number of benzene rings is 1. The lowest BCUT2D eigenvalue weighted by atomic mass is 10.0. The smallest absolute Gasteiger partial charge is 0.218 e. The minimum absolute atomic E-state index is 0.0325. The Labute approximate surface area is 147 Å². The largest absolute Gasteiger partial charge is 0.478 e. The first-order chi connectivity index (χ1) is 12.3. The van der Waals surface area contributed by atoms with Crippen molar-refractivity contribution < 1.29 is 13.9 Å². The summed E-state index contributed by atoms with van der Waals surface area (Å²) in [7, 11) is 0. The van der Waals surface area contributed by atoms with Gasteiger partial charge in [-0.3, -0.25) is 4.90 Å². The van der Waals surface area contributed by atoms with Crippen molar-refractivity contribution in [1.82, 2.24) is 14.9 Å². The summed E-state index contributed by atoms with van der Waals surface area (Å²) < 4.78 is 24.5. The van der Waals surface area contributed by atoms with Gasteiger partial charge in [-0.25, -0.2) is 14.4 Å². The van der Waals surface area contributed by atoms with E-state index in [2.05, 4.69) is 20.2 Å². The van der Waals surface area contributed by atoms with E-state index in [0.717, 1.165) is 18.7 Å². The van der Waals surface area contributed by atoms with Crippen molar-refractivity contribution in [1.29, 1.82) is 0 Å². The normalized spacial score (nSPS) is 16.4. The topological polar surface area (TPSA) is 59.5 Å². The van der Waals surface area contributed by atoms with Crippen LogP contribution in [-0.2, 0) is 4.74 Å². The number of hydrogen-bond donors (Lipinski definition) is 1. The zero-order valence-electron chi connectivity index (χ0n) is 14.3. The van der Waals surface area contributed by atoms with Crippen LogP contribution in [0.2, 0.25) is 0 Å². The Morgan fingerprint density at radius 1 is 1.28 bits per heavy atom. The first-order valence-electron chi connectivity index (χ1n) is 8.52. The first kappa shape index (κ1) is 17.6. The van der Waals surface area contributed by atoms with E-state index < -0.39 is 0 Å². The second-order valence-corrected chi connectivity index (χ2v) is 5.77. The van der Waals surface area contributed by atoms with E-state index in [1.165, 1.54) is 12.4 Å². The third kappa shape index (κ3) is 4.87. The summed E-state index contributed by atoms with van der Waals surface area (Å²) in [6, 6.07) is 8.56. The summed E-state index contributed by atoms with van der Waals surface area (Å²) in [6.07, 6.45) is 1.47. The first-order valence-corrected chi connectivity index (χ1v) is 8.52. The van der Waals surface area contributed by atoms with Gasteiger partial charge < -0.3 is 14.8 Å². The van der Waals surface area contributed by atoms with Crippen LogP contribution < -0.4 is 10.1 Å². The molecule has 1 aromatic heterocycles. The van der Waals surface area contributed by atoms with E-state index >= 15 is 0 Å². The highest BCUT2D eigenvalue weighted by Crippen LogP contribution is 2.23. The number of morpholine rings is 1. The molecule has 0 bridgehead atoms. The maximum absolute atomic E-state index is 13.7. The number of hydrogen-bond acceptors (Lipinski definition) is 6. The zero-order chi connectivity index (χ0) is 17.5. The molecule has 0 saturated carbocycles. The van der Waals surface area contributed by atoms with Gasteiger partial charge in [0, 0.05) is 25.7 Å². The molecule has 2 aromatic rings. The van der Waals surface area contributed by atoms with Crippen molar-refractivity contribution in [3.05, 3.63) is 48.0 Å². The fourth-order valence-corrected chi connectivity index (χ4v) is 2.92. The van der Waals surface area contributed by atoms with Crippen LogP contribution in [0.15, 0.2) is 36.7 Å². The summed E-state index contributed by atoms with van der Waals surface area (Å²) in [4.78, 5) is 10.6. The van der Waals surface area contributed by atoms with Gasteiger partial charge in [0.1, 0.15) is 18.0 Å². The van der Waals surface area contributed by atoms with Crippen LogP contribution in [0.25, 0.3) is 0 Å². The predicted molar refractivity (Wildman–Crippen MR) is 93.2 cm³/mol. The summed E-state index contributed by atoms with van der Waals surface area (Å²) in [5.74, 6) is 0.998. The fraction of sp³-hybridized carbons (Fsp3) is 0.444. The lowest BCUT2D eigenvalue weighted by molar-refractivity contribution is 0.0186. The van der Waals surface area contributed by atoms with E-state index in [1.54, 1.807) is 18.2 Å². The SMILES string of the molecule is CCOc1cc(NCC(c2cccc(F)c2)N2CCOCC2)ncn1. The fourth-order valence-electron chi connectivity index (χ4n) is 2.92. The van der Waals surface area contributed by atoms with Gasteiger partial charge in [0.05, 0.1) is 25.9 Å². The van der Waals surface area contributed by atoms with Crippen LogP contribution in [0.1, 0.15) is 18.5 Å². The molecule has 25 heavy (non-hydrogen) atoms. The van der Waals surface area contributed by atoms with E-state index in [-0.39, 0.29) is 11.9 Å². The molecule has 1 atom stereocenters. The molecule has 1 aromatic carbocycles. The molecule has 1 fully saturated rings. The van der Waals surface area contributed by atoms with Crippen LogP contribution in [0.5, 0.6) is 5.88 Å². The summed E-state index contributed by atoms with van der Waals surface area (Å²) in [5, 5.41) is 3.32. The Morgan fingerprint density at radius 3 is 2.88 bits per heavy atom. The van der Waals surface area contributed by atoms with Crippen molar-refractivity contribution in [3.63, 3.8) is 0 Å². The number of halogens is 1. The van der Waals surface area contributed by atoms with Gasteiger partial charge in [0.15, 0.2) is 0 Å². The van der Waals surface area contributed by atoms with Gasteiger partial charge in [-0.05, 0) is 24.6 Å². The molecular formula is C18H23FN4O2. The summed E-state index contributed by atoms with van der Waals surface area (Å²) >= 11 is 0. The number of nitrogens with one attached hydrogen (secondary N) is 1. The maximum atomic E-state index is 13.7. The van der Waals surface area contributed by atoms with E-state index in [4.69, 9.17) is 9.47 Å². The van der Waals surface area contributed by atoms with E-state index in [9.17, 15) is 4.39 Å². The number of rotatable bonds is 7. The Morgan fingerprint density at radius 2 is 2.12 bits per heavy atom. The number of aromatic nitrogens is 2. The highest BCUT2D eigenvalue weighted by Gasteiger charge is 2.23. The van der Waals surface area contributed by atoms with Crippen molar-refractivity contribution in [3.8, 4) is 5.88 Å². The maximum Gasteiger partial charge on any atom is 0.218 e. The Bertz CT molecular complexity index is 680. The highest BCUT2D eigenvalue weighted by atomic mass is 19.1. The van der Waals surface area contributed by atoms with Gasteiger partial charge in [-0.2, -0.15) is 0 Å². The monoisotopic (exact) mass is 346 g/mol. The summed E-state index contributed by atoms with van der Waals surface area (Å²) in [5.41, 5.74) is 0.938. The average molecular weight is 346 g/mol. The molecule has 0 spiro atoms. The Hall–Kier alpha value is -2.25.